The number of hydrogen-bond donors (Lipinski definition) is 2. The maximum absolute atomic E-state index is 6.39. The highest BCUT2D eigenvalue weighted by Gasteiger charge is 2.26. The molecule has 0 saturated carbocycles. The van der Waals surface area contributed by atoms with Gasteiger partial charge in [-0.2, -0.15) is 0 Å². The Labute approximate surface area is 109 Å². The molecule has 96 valence electrons. The minimum Gasteiger partial charge on any atom is -0.330 e. The summed E-state index contributed by atoms with van der Waals surface area (Å²) in [5.74, 6) is 0. The van der Waals surface area contributed by atoms with Crippen molar-refractivity contribution in [2.75, 3.05) is 6.54 Å². The van der Waals surface area contributed by atoms with E-state index in [9.17, 15) is 0 Å². The van der Waals surface area contributed by atoms with Crippen LogP contribution in [0.4, 0.5) is 0 Å². The molecule has 0 heterocycles. The normalized spacial score (nSPS) is 13.8. The van der Waals surface area contributed by atoms with E-state index in [1.165, 1.54) is 16.3 Å². The van der Waals surface area contributed by atoms with Crippen molar-refractivity contribution >= 4 is 10.8 Å². The zero-order chi connectivity index (χ0) is 13.2. The minimum absolute atomic E-state index is 0.0191. The molecule has 0 aliphatic heterocycles. The van der Waals surface area contributed by atoms with Gasteiger partial charge in [0.15, 0.2) is 0 Å². The molecule has 0 saturated heterocycles. The van der Waals surface area contributed by atoms with Gasteiger partial charge in [-0.05, 0) is 40.8 Å². The van der Waals surface area contributed by atoms with Crippen LogP contribution in [0.2, 0.25) is 0 Å². The van der Waals surface area contributed by atoms with Gasteiger partial charge in [0.25, 0.3) is 0 Å². The molecule has 0 bridgehead atoms. The molecule has 1 atom stereocenters. The van der Waals surface area contributed by atoms with Crippen LogP contribution >= 0.6 is 0 Å². The van der Waals surface area contributed by atoms with E-state index in [4.69, 9.17) is 11.5 Å². The smallest absolute Gasteiger partial charge is 0.0347 e. The summed E-state index contributed by atoms with van der Waals surface area (Å²) in [5.41, 5.74) is 13.3. The first-order chi connectivity index (χ1) is 8.54. The Morgan fingerprint density at radius 3 is 2.39 bits per heavy atom. The molecule has 0 spiro atoms. The lowest BCUT2D eigenvalue weighted by Gasteiger charge is -2.31. The van der Waals surface area contributed by atoms with Crippen LogP contribution in [0.3, 0.4) is 0 Å². The van der Waals surface area contributed by atoms with E-state index < -0.39 is 0 Å². The van der Waals surface area contributed by atoms with Crippen LogP contribution in [-0.4, -0.2) is 6.54 Å². The number of hydrogen-bond acceptors (Lipinski definition) is 2. The predicted octanol–water partition coefficient (Wildman–Crippen LogP) is 3.21. The SMILES string of the molecule is CC(C)(CCN)C(N)c1ccc2ccccc2c1. The molecule has 4 N–H and O–H groups in total. The van der Waals surface area contributed by atoms with Crippen LogP contribution in [0, 0.1) is 5.41 Å². The predicted molar refractivity (Wildman–Crippen MR) is 78.3 cm³/mol. The fourth-order valence-electron chi connectivity index (χ4n) is 2.38. The molecule has 2 rings (SSSR count). The second-order valence-corrected chi connectivity index (χ2v) is 5.61. The zero-order valence-corrected chi connectivity index (χ0v) is 11.2. The van der Waals surface area contributed by atoms with E-state index in [0.717, 1.165) is 6.42 Å². The van der Waals surface area contributed by atoms with E-state index >= 15 is 0 Å². The van der Waals surface area contributed by atoms with E-state index in [1.54, 1.807) is 0 Å². The first kappa shape index (κ1) is 13.1. The van der Waals surface area contributed by atoms with Gasteiger partial charge in [0.05, 0.1) is 0 Å². The number of benzene rings is 2. The molecular weight excluding hydrogens is 220 g/mol. The summed E-state index contributed by atoms with van der Waals surface area (Å²) >= 11 is 0. The van der Waals surface area contributed by atoms with Crippen molar-refractivity contribution in [3.63, 3.8) is 0 Å². The van der Waals surface area contributed by atoms with E-state index in [0.29, 0.717) is 6.54 Å². The average Bonchev–Trinajstić information content (AvgIpc) is 2.37. The molecule has 1 unspecified atom stereocenters. The number of rotatable bonds is 4. The molecule has 2 nitrogen and oxygen atoms in total. The van der Waals surface area contributed by atoms with Gasteiger partial charge in [0, 0.05) is 6.04 Å². The van der Waals surface area contributed by atoms with Crippen molar-refractivity contribution in [1.82, 2.24) is 0 Å². The number of nitrogens with two attached hydrogens (primary N) is 2. The second kappa shape index (κ2) is 5.09. The van der Waals surface area contributed by atoms with Crippen LogP contribution in [0.5, 0.6) is 0 Å². The molecule has 2 aromatic carbocycles. The van der Waals surface area contributed by atoms with E-state index in [2.05, 4.69) is 56.3 Å². The van der Waals surface area contributed by atoms with E-state index in [1.807, 2.05) is 0 Å². The summed E-state index contributed by atoms with van der Waals surface area (Å²) in [4.78, 5) is 0. The van der Waals surface area contributed by atoms with Gasteiger partial charge in [-0.1, -0.05) is 50.2 Å². The van der Waals surface area contributed by atoms with Crippen molar-refractivity contribution < 1.29 is 0 Å². The standard InChI is InChI=1S/C16H22N2/c1-16(2,9-10-17)15(18)14-8-7-12-5-3-4-6-13(12)11-14/h3-8,11,15H,9-10,17-18H2,1-2H3. The van der Waals surface area contributed by atoms with Crippen molar-refractivity contribution in [1.29, 1.82) is 0 Å². The Bertz CT molecular complexity index is 531. The van der Waals surface area contributed by atoms with Crippen LogP contribution in [0.15, 0.2) is 42.5 Å². The van der Waals surface area contributed by atoms with Gasteiger partial charge >= 0.3 is 0 Å². The minimum atomic E-state index is 0.0191. The van der Waals surface area contributed by atoms with Crippen molar-refractivity contribution in [3.8, 4) is 0 Å². The third-order valence-corrected chi connectivity index (χ3v) is 3.76. The van der Waals surface area contributed by atoms with Crippen LogP contribution < -0.4 is 11.5 Å². The van der Waals surface area contributed by atoms with Crippen LogP contribution in [-0.2, 0) is 0 Å². The maximum atomic E-state index is 6.39. The Morgan fingerprint density at radius 2 is 1.72 bits per heavy atom. The Hall–Kier alpha value is -1.38. The van der Waals surface area contributed by atoms with Crippen molar-refractivity contribution in [3.05, 3.63) is 48.0 Å². The number of fused-ring (bicyclic) bond motifs is 1. The monoisotopic (exact) mass is 242 g/mol. The third kappa shape index (κ3) is 2.55. The lowest BCUT2D eigenvalue weighted by molar-refractivity contribution is 0.271. The molecule has 2 aromatic rings. The first-order valence-corrected chi connectivity index (χ1v) is 6.49. The molecular formula is C16H22N2. The largest absolute Gasteiger partial charge is 0.330 e. The molecule has 0 aliphatic carbocycles. The summed E-state index contributed by atoms with van der Waals surface area (Å²) in [5, 5.41) is 2.50. The van der Waals surface area contributed by atoms with Gasteiger partial charge in [-0.3, -0.25) is 0 Å². The van der Waals surface area contributed by atoms with Gasteiger partial charge in [0.2, 0.25) is 0 Å². The van der Waals surface area contributed by atoms with Gasteiger partial charge in [-0.15, -0.1) is 0 Å². The van der Waals surface area contributed by atoms with Crippen molar-refractivity contribution in [2.45, 2.75) is 26.3 Å². The Kier molecular flexibility index (Phi) is 3.69. The highest BCUT2D eigenvalue weighted by molar-refractivity contribution is 5.83. The third-order valence-electron chi connectivity index (χ3n) is 3.76. The highest BCUT2D eigenvalue weighted by Crippen LogP contribution is 2.35. The zero-order valence-electron chi connectivity index (χ0n) is 11.2. The van der Waals surface area contributed by atoms with E-state index in [-0.39, 0.29) is 11.5 Å². The van der Waals surface area contributed by atoms with Gasteiger partial charge < -0.3 is 11.5 Å². The second-order valence-electron chi connectivity index (χ2n) is 5.61. The lowest BCUT2D eigenvalue weighted by Crippen LogP contribution is -2.31. The summed E-state index contributed by atoms with van der Waals surface area (Å²) < 4.78 is 0. The van der Waals surface area contributed by atoms with Crippen LogP contribution in [0.1, 0.15) is 31.9 Å². The van der Waals surface area contributed by atoms with Crippen molar-refractivity contribution in [2.24, 2.45) is 16.9 Å². The summed E-state index contributed by atoms with van der Waals surface area (Å²) in [6, 6.07) is 14.8. The molecule has 0 aliphatic rings. The molecule has 2 heteroatoms. The summed E-state index contributed by atoms with van der Waals surface area (Å²) in [6.07, 6.45) is 0.932. The molecule has 0 fully saturated rings. The molecule has 0 radical (unpaired) electrons. The first-order valence-electron chi connectivity index (χ1n) is 6.49. The van der Waals surface area contributed by atoms with Gasteiger partial charge in [0.1, 0.15) is 0 Å². The quantitative estimate of drug-likeness (QED) is 0.865. The Morgan fingerprint density at radius 1 is 1.06 bits per heavy atom. The topological polar surface area (TPSA) is 52.0 Å². The summed E-state index contributed by atoms with van der Waals surface area (Å²) in [6.45, 7) is 5.04. The Balaban J connectivity index is 2.36. The maximum Gasteiger partial charge on any atom is 0.0347 e. The summed E-state index contributed by atoms with van der Waals surface area (Å²) in [7, 11) is 0. The average molecular weight is 242 g/mol. The fourth-order valence-corrected chi connectivity index (χ4v) is 2.38. The highest BCUT2D eigenvalue weighted by atomic mass is 14.7. The molecule has 0 aromatic heterocycles. The molecule has 0 amide bonds. The van der Waals surface area contributed by atoms with Crippen LogP contribution in [0.25, 0.3) is 10.8 Å². The molecule has 18 heavy (non-hydrogen) atoms. The lowest BCUT2D eigenvalue weighted by atomic mass is 9.78. The van der Waals surface area contributed by atoms with Gasteiger partial charge in [-0.25, -0.2) is 0 Å². The fraction of sp³-hybridized carbons (Fsp3) is 0.375.